The van der Waals surface area contributed by atoms with Crippen LogP contribution in [0.4, 0.5) is 0 Å². The van der Waals surface area contributed by atoms with Gasteiger partial charge in [-0.2, -0.15) is 0 Å². The quantitative estimate of drug-likeness (QED) is 0.774. The van der Waals surface area contributed by atoms with Gasteiger partial charge < -0.3 is 14.6 Å². The Labute approximate surface area is 150 Å². The summed E-state index contributed by atoms with van der Waals surface area (Å²) < 4.78 is 8.03. The first-order valence-corrected chi connectivity index (χ1v) is 8.71. The van der Waals surface area contributed by atoms with Crippen molar-refractivity contribution in [2.45, 2.75) is 32.5 Å². The topological polar surface area (TPSA) is 56.2 Å². The molecule has 0 radical (unpaired) electrons. The van der Waals surface area contributed by atoms with Crippen LogP contribution in [-0.2, 0) is 13.1 Å². The third kappa shape index (κ3) is 2.85. The fourth-order valence-electron chi connectivity index (χ4n) is 3.18. The number of nitrogens with zero attached hydrogens (tertiary/aromatic N) is 2. The molecule has 3 heterocycles. The molecule has 128 valence electrons. The maximum atomic E-state index is 12.8. The second-order valence-electron chi connectivity index (χ2n) is 6.10. The number of hydrogen-bond acceptors (Lipinski definition) is 3. The van der Waals surface area contributed by atoms with Gasteiger partial charge in [-0.3, -0.25) is 9.78 Å². The van der Waals surface area contributed by atoms with Gasteiger partial charge in [-0.15, -0.1) is 0 Å². The van der Waals surface area contributed by atoms with E-state index in [4.69, 9.17) is 16.3 Å². The van der Waals surface area contributed by atoms with Crippen molar-refractivity contribution in [3.63, 3.8) is 0 Å². The maximum Gasteiger partial charge on any atom is 0.268 e. The van der Waals surface area contributed by atoms with E-state index in [9.17, 15) is 4.79 Å². The average Bonchev–Trinajstić information content (AvgIpc) is 3.04. The van der Waals surface area contributed by atoms with Crippen molar-refractivity contribution in [2.24, 2.45) is 0 Å². The Kier molecular flexibility index (Phi) is 4.09. The minimum absolute atomic E-state index is 0.0478. The third-order valence-corrected chi connectivity index (χ3v) is 4.82. The Morgan fingerprint density at radius 1 is 1.40 bits per heavy atom. The van der Waals surface area contributed by atoms with E-state index in [1.807, 2.05) is 41.0 Å². The van der Waals surface area contributed by atoms with E-state index in [0.717, 1.165) is 28.8 Å². The van der Waals surface area contributed by atoms with Crippen LogP contribution in [0.2, 0.25) is 5.02 Å². The Morgan fingerprint density at radius 2 is 2.28 bits per heavy atom. The first-order valence-electron chi connectivity index (χ1n) is 8.34. The number of carbonyl (C=O) groups excluding carboxylic acids is 1. The van der Waals surface area contributed by atoms with E-state index in [2.05, 4.69) is 17.2 Å². The molecule has 1 atom stereocenters. The Hall–Kier alpha value is -2.53. The van der Waals surface area contributed by atoms with Crippen LogP contribution in [0.15, 0.2) is 42.6 Å². The Bertz CT molecular complexity index is 937. The minimum atomic E-state index is -0.138. The summed E-state index contributed by atoms with van der Waals surface area (Å²) in [6.45, 7) is 3.10. The lowest BCUT2D eigenvalue weighted by atomic mass is 10.2. The fraction of sp³-hybridized carbons (Fsp3) is 0.263. The molecular formula is C19H18ClN3O2. The van der Waals surface area contributed by atoms with Gasteiger partial charge in [0.05, 0.1) is 29.3 Å². The van der Waals surface area contributed by atoms with Crippen molar-refractivity contribution < 1.29 is 9.53 Å². The van der Waals surface area contributed by atoms with Gasteiger partial charge in [-0.1, -0.05) is 24.6 Å². The summed E-state index contributed by atoms with van der Waals surface area (Å²) >= 11 is 6.33. The zero-order valence-corrected chi connectivity index (χ0v) is 14.6. The van der Waals surface area contributed by atoms with Gasteiger partial charge in [0, 0.05) is 11.6 Å². The van der Waals surface area contributed by atoms with Crippen LogP contribution in [0, 0.1) is 0 Å². The smallest absolute Gasteiger partial charge is 0.268 e. The fourth-order valence-corrected chi connectivity index (χ4v) is 3.39. The molecule has 1 amide bonds. The normalized spacial score (nSPS) is 15.8. The number of nitrogens with one attached hydrogen (secondary N) is 1. The summed E-state index contributed by atoms with van der Waals surface area (Å²) in [4.78, 5) is 17.0. The van der Waals surface area contributed by atoms with Gasteiger partial charge in [-0.25, -0.2) is 0 Å². The second-order valence-corrected chi connectivity index (χ2v) is 6.51. The van der Waals surface area contributed by atoms with Gasteiger partial charge in [0.1, 0.15) is 17.5 Å². The highest BCUT2D eigenvalue weighted by atomic mass is 35.5. The molecule has 0 fully saturated rings. The predicted octanol–water partition coefficient (Wildman–Crippen LogP) is 3.79. The molecule has 2 aromatic heterocycles. The van der Waals surface area contributed by atoms with E-state index in [1.165, 1.54) is 0 Å². The van der Waals surface area contributed by atoms with E-state index in [0.29, 0.717) is 23.8 Å². The number of hydrogen-bond donors (Lipinski definition) is 1. The predicted molar refractivity (Wildman–Crippen MR) is 97.1 cm³/mol. The molecule has 1 aliphatic heterocycles. The molecule has 0 saturated carbocycles. The lowest BCUT2D eigenvalue weighted by Crippen LogP contribution is -2.31. The highest BCUT2D eigenvalue weighted by Gasteiger charge is 2.26. The van der Waals surface area contributed by atoms with E-state index < -0.39 is 0 Å². The first kappa shape index (κ1) is 16.0. The summed E-state index contributed by atoms with van der Waals surface area (Å²) in [6.07, 6.45) is 2.63. The Morgan fingerprint density at radius 3 is 3.04 bits per heavy atom. The third-order valence-electron chi connectivity index (χ3n) is 4.49. The van der Waals surface area contributed by atoms with Gasteiger partial charge >= 0.3 is 0 Å². The van der Waals surface area contributed by atoms with Crippen molar-refractivity contribution in [2.75, 3.05) is 0 Å². The molecule has 4 rings (SSSR count). The summed E-state index contributed by atoms with van der Waals surface area (Å²) in [7, 11) is 0. The monoisotopic (exact) mass is 355 g/mol. The summed E-state index contributed by atoms with van der Waals surface area (Å²) in [5.41, 5.74) is 2.31. The number of benzene rings is 1. The number of pyridine rings is 1. The molecule has 0 bridgehead atoms. The molecular weight excluding hydrogens is 338 g/mol. The lowest BCUT2D eigenvalue weighted by molar-refractivity contribution is 0.0934. The molecule has 25 heavy (non-hydrogen) atoms. The second kappa shape index (κ2) is 6.41. The number of amides is 1. The molecule has 1 aromatic carbocycles. The van der Waals surface area contributed by atoms with Crippen molar-refractivity contribution in [3.8, 4) is 5.75 Å². The van der Waals surface area contributed by atoms with Crippen LogP contribution in [0.3, 0.4) is 0 Å². The van der Waals surface area contributed by atoms with E-state index in [-0.39, 0.29) is 12.0 Å². The zero-order chi connectivity index (χ0) is 17.4. The molecule has 6 heteroatoms. The standard InChI is InChI=1S/C19H18ClN3O2/c1-2-13-11-23-16(19(24)22-10-12-5-3-4-8-21-12)9-14-15(20)6-7-17(25-13)18(14)23/h3-9,13H,2,10-11H2,1H3,(H,22,24)/t13-/m0/s1. The maximum absolute atomic E-state index is 12.8. The van der Waals surface area contributed by atoms with E-state index >= 15 is 0 Å². The minimum Gasteiger partial charge on any atom is -0.486 e. The van der Waals surface area contributed by atoms with Crippen molar-refractivity contribution in [1.29, 1.82) is 0 Å². The Balaban J connectivity index is 1.69. The summed E-state index contributed by atoms with van der Waals surface area (Å²) in [5, 5.41) is 4.40. The van der Waals surface area contributed by atoms with E-state index in [1.54, 1.807) is 6.20 Å². The van der Waals surface area contributed by atoms with Gasteiger partial charge in [0.25, 0.3) is 5.91 Å². The van der Waals surface area contributed by atoms with Crippen molar-refractivity contribution in [1.82, 2.24) is 14.9 Å². The van der Waals surface area contributed by atoms with Crippen LogP contribution >= 0.6 is 11.6 Å². The molecule has 0 unspecified atom stereocenters. The molecule has 1 aliphatic rings. The van der Waals surface area contributed by atoms with Gasteiger partial charge in [0.2, 0.25) is 0 Å². The number of carbonyl (C=O) groups is 1. The lowest BCUT2D eigenvalue weighted by Gasteiger charge is -2.26. The molecule has 0 spiro atoms. The van der Waals surface area contributed by atoms with Crippen molar-refractivity contribution in [3.05, 3.63) is 59.0 Å². The van der Waals surface area contributed by atoms with Gasteiger partial charge in [0.15, 0.2) is 0 Å². The number of rotatable bonds is 4. The molecule has 1 N–H and O–H groups in total. The molecule has 5 nitrogen and oxygen atoms in total. The first-order chi connectivity index (χ1) is 12.2. The van der Waals surface area contributed by atoms with Gasteiger partial charge in [-0.05, 0) is 36.8 Å². The van der Waals surface area contributed by atoms with Crippen molar-refractivity contribution >= 4 is 28.4 Å². The van der Waals surface area contributed by atoms with Crippen LogP contribution in [0.25, 0.3) is 10.9 Å². The number of ether oxygens (including phenoxy) is 1. The summed E-state index contributed by atoms with van der Waals surface area (Å²) in [6, 6.07) is 11.2. The summed E-state index contributed by atoms with van der Waals surface area (Å²) in [5.74, 6) is 0.641. The molecule has 0 saturated heterocycles. The SMILES string of the molecule is CC[C@H]1Cn2c(C(=O)NCc3ccccn3)cc3c(Cl)ccc(c32)O1. The largest absolute Gasteiger partial charge is 0.486 e. The van der Waals surface area contributed by atoms with Crippen LogP contribution in [0.5, 0.6) is 5.75 Å². The average molecular weight is 356 g/mol. The highest BCUT2D eigenvalue weighted by Crippen LogP contribution is 2.38. The highest BCUT2D eigenvalue weighted by molar-refractivity contribution is 6.36. The molecule has 3 aromatic rings. The van der Waals surface area contributed by atoms with Crippen LogP contribution in [0.1, 0.15) is 29.5 Å². The number of halogens is 1. The van der Waals surface area contributed by atoms with Crippen LogP contribution in [-0.4, -0.2) is 21.6 Å². The molecule has 0 aliphatic carbocycles. The van der Waals surface area contributed by atoms with Crippen LogP contribution < -0.4 is 10.1 Å². The zero-order valence-electron chi connectivity index (χ0n) is 13.8. The number of aromatic nitrogens is 2.